The third kappa shape index (κ3) is 2.75. The van der Waals surface area contributed by atoms with Crippen molar-refractivity contribution < 1.29 is 14.3 Å². The molecule has 1 rings (SSSR count). The van der Waals surface area contributed by atoms with Crippen LogP contribution in [0.1, 0.15) is 10.4 Å². The predicted octanol–water partition coefficient (Wildman–Crippen LogP) is 1.73. The van der Waals surface area contributed by atoms with E-state index in [0.29, 0.717) is 17.6 Å². The molecule has 72 valence electrons. The van der Waals surface area contributed by atoms with Gasteiger partial charge in [0.05, 0.1) is 0 Å². The zero-order valence-electron chi connectivity index (χ0n) is 7.40. The molecule has 0 radical (unpaired) electrons. The molecule has 1 aromatic carbocycles. The van der Waals surface area contributed by atoms with E-state index in [0.717, 1.165) is 0 Å². The monoisotopic (exact) mass is 191 g/mol. The first-order valence-electron chi connectivity index (χ1n) is 3.91. The zero-order valence-corrected chi connectivity index (χ0v) is 7.40. The topological polar surface area (TPSA) is 55.4 Å². The number of carbonyl (C=O) groups excluding carboxylic acids is 2. The lowest BCUT2D eigenvalue weighted by atomic mass is 10.2. The van der Waals surface area contributed by atoms with E-state index < -0.39 is 6.09 Å². The molecule has 0 saturated carbocycles. The fourth-order valence-corrected chi connectivity index (χ4v) is 0.834. The summed E-state index contributed by atoms with van der Waals surface area (Å²) in [6, 6.07) is 6.19. The van der Waals surface area contributed by atoms with E-state index in [2.05, 4.69) is 11.9 Å². The molecule has 0 aliphatic rings. The Kier molecular flexibility index (Phi) is 3.43. The summed E-state index contributed by atoms with van der Waals surface area (Å²) in [5.41, 5.74) is 0.529. The Bertz CT molecular complexity index is 343. The van der Waals surface area contributed by atoms with E-state index in [4.69, 9.17) is 4.74 Å². The van der Waals surface area contributed by atoms with Gasteiger partial charge in [-0.2, -0.15) is 0 Å². The summed E-state index contributed by atoms with van der Waals surface area (Å²) in [5, 5.41) is 2.26. The third-order valence-electron chi connectivity index (χ3n) is 1.45. The van der Waals surface area contributed by atoms with Crippen molar-refractivity contribution >= 4 is 12.4 Å². The molecule has 1 N–H and O–H groups in total. The summed E-state index contributed by atoms with van der Waals surface area (Å²) in [6.45, 7) is 3.31. The minimum absolute atomic E-state index is 0.370. The van der Waals surface area contributed by atoms with Crippen LogP contribution in [-0.4, -0.2) is 12.4 Å². The molecular weight excluding hydrogens is 182 g/mol. The number of carbonyl (C=O) groups is 2. The summed E-state index contributed by atoms with van der Waals surface area (Å²) in [7, 11) is 0. The number of hydrogen-bond donors (Lipinski definition) is 1. The Labute approximate surface area is 81.2 Å². The summed E-state index contributed by atoms with van der Waals surface area (Å²) >= 11 is 0. The maximum absolute atomic E-state index is 10.9. The van der Waals surface area contributed by atoms with Gasteiger partial charge in [0.25, 0.3) is 0 Å². The Morgan fingerprint density at radius 1 is 1.36 bits per heavy atom. The van der Waals surface area contributed by atoms with Crippen molar-refractivity contribution in [2.24, 2.45) is 0 Å². The molecule has 0 fully saturated rings. The highest BCUT2D eigenvalue weighted by Crippen LogP contribution is 2.10. The van der Waals surface area contributed by atoms with Crippen molar-refractivity contribution in [3.8, 4) is 5.75 Å². The highest BCUT2D eigenvalue weighted by molar-refractivity contribution is 5.75. The first-order valence-corrected chi connectivity index (χ1v) is 3.91. The number of nitrogens with one attached hydrogen (secondary N) is 1. The van der Waals surface area contributed by atoms with E-state index >= 15 is 0 Å². The molecule has 0 bridgehead atoms. The van der Waals surface area contributed by atoms with Crippen LogP contribution in [0.2, 0.25) is 0 Å². The van der Waals surface area contributed by atoms with Gasteiger partial charge in [0.1, 0.15) is 12.0 Å². The summed E-state index contributed by atoms with van der Waals surface area (Å²) < 4.78 is 4.82. The minimum atomic E-state index is -0.612. The average Bonchev–Trinajstić information content (AvgIpc) is 2.19. The normalized spacial score (nSPS) is 8.86. The molecule has 1 amide bonds. The van der Waals surface area contributed by atoms with Crippen molar-refractivity contribution in [3.63, 3.8) is 0 Å². The quantitative estimate of drug-likeness (QED) is 0.740. The van der Waals surface area contributed by atoms with E-state index in [9.17, 15) is 9.59 Å². The molecule has 0 spiro atoms. The molecule has 1 aromatic rings. The molecule has 4 heteroatoms. The highest BCUT2D eigenvalue weighted by atomic mass is 16.5. The van der Waals surface area contributed by atoms with Crippen LogP contribution in [-0.2, 0) is 0 Å². The molecule has 4 nitrogen and oxygen atoms in total. The van der Waals surface area contributed by atoms with Gasteiger partial charge < -0.3 is 4.74 Å². The molecule has 0 aliphatic heterocycles. The van der Waals surface area contributed by atoms with Crippen molar-refractivity contribution in [1.82, 2.24) is 5.32 Å². The van der Waals surface area contributed by atoms with Crippen molar-refractivity contribution in [2.75, 3.05) is 0 Å². The fourth-order valence-electron chi connectivity index (χ4n) is 0.834. The number of benzene rings is 1. The van der Waals surface area contributed by atoms with Crippen LogP contribution in [0.15, 0.2) is 37.0 Å². The lowest BCUT2D eigenvalue weighted by Gasteiger charge is -2.02. The fraction of sp³-hybridized carbons (Fsp3) is 0. The average molecular weight is 191 g/mol. The number of aldehydes is 1. The second-order valence-electron chi connectivity index (χ2n) is 2.42. The minimum Gasteiger partial charge on any atom is -0.410 e. The van der Waals surface area contributed by atoms with Gasteiger partial charge in [0, 0.05) is 5.56 Å². The number of hydrogen-bond acceptors (Lipinski definition) is 3. The van der Waals surface area contributed by atoms with Crippen LogP contribution in [0, 0.1) is 0 Å². The van der Waals surface area contributed by atoms with E-state index in [1.807, 2.05) is 0 Å². The SMILES string of the molecule is C=CNC(=O)Oc1ccc(C=O)cc1. The van der Waals surface area contributed by atoms with Crippen molar-refractivity contribution in [1.29, 1.82) is 0 Å². The molecular formula is C10H9NO3. The summed E-state index contributed by atoms with van der Waals surface area (Å²) in [5.74, 6) is 0.370. The van der Waals surface area contributed by atoms with Crippen LogP contribution in [0.5, 0.6) is 5.75 Å². The Hall–Kier alpha value is -2.10. The third-order valence-corrected chi connectivity index (χ3v) is 1.45. The first-order chi connectivity index (χ1) is 6.76. The van der Waals surface area contributed by atoms with Crippen LogP contribution in [0.3, 0.4) is 0 Å². The second kappa shape index (κ2) is 4.81. The highest BCUT2D eigenvalue weighted by Gasteiger charge is 2.00. The van der Waals surface area contributed by atoms with Crippen LogP contribution in [0.25, 0.3) is 0 Å². The number of amides is 1. The molecule has 0 aliphatic carbocycles. The Balaban J connectivity index is 2.63. The van der Waals surface area contributed by atoms with Crippen LogP contribution < -0.4 is 10.1 Å². The van der Waals surface area contributed by atoms with E-state index in [1.54, 1.807) is 12.1 Å². The number of ether oxygens (including phenoxy) is 1. The van der Waals surface area contributed by atoms with Gasteiger partial charge in [-0.05, 0) is 30.5 Å². The van der Waals surface area contributed by atoms with Gasteiger partial charge in [0.15, 0.2) is 0 Å². The molecule has 0 heterocycles. The molecule has 0 atom stereocenters. The second-order valence-corrected chi connectivity index (χ2v) is 2.42. The van der Waals surface area contributed by atoms with E-state index in [-0.39, 0.29) is 0 Å². The molecule has 0 unspecified atom stereocenters. The lowest BCUT2D eigenvalue weighted by molar-refractivity contribution is 0.112. The van der Waals surface area contributed by atoms with Crippen molar-refractivity contribution in [2.45, 2.75) is 0 Å². The summed E-state index contributed by atoms with van der Waals surface area (Å²) in [4.78, 5) is 21.2. The largest absolute Gasteiger partial charge is 0.416 e. The standard InChI is InChI=1S/C10H9NO3/c1-2-11-10(13)14-9-5-3-8(7-12)4-6-9/h2-7H,1H2,(H,11,13). The Morgan fingerprint density at radius 3 is 2.50 bits per heavy atom. The van der Waals surface area contributed by atoms with Gasteiger partial charge in [-0.25, -0.2) is 4.79 Å². The maximum Gasteiger partial charge on any atom is 0.416 e. The maximum atomic E-state index is 10.9. The van der Waals surface area contributed by atoms with Gasteiger partial charge in [0.2, 0.25) is 0 Å². The van der Waals surface area contributed by atoms with Gasteiger partial charge in [-0.3, -0.25) is 10.1 Å². The van der Waals surface area contributed by atoms with Crippen molar-refractivity contribution in [3.05, 3.63) is 42.6 Å². The van der Waals surface area contributed by atoms with Crippen LogP contribution >= 0.6 is 0 Å². The molecule has 0 aromatic heterocycles. The Morgan fingerprint density at radius 2 is 2.00 bits per heavy atom. The predicted molar refractivity (Wildman–Crippen MR) is 51.2 cm³/mol. The number of rotatable bonds is 3. The van der Waals surface area contributed by atoms with Crippen LogP contribution in [0.4, 0.5) is 4.79 Å². The van der Waals surface area contributed by atoms with Gasteiger partial charge in [-0.15, -0.1) is 0 Å². The summed E-state index contributed by atoms with van der Waals surface area (Å²) in [6.07, 6.45) is 1.33. The van der Waals surface area contributed by atoms with Gasteiger partial charge in [-0.1, -0.05) is 6.58 Å². The zero-order chi connectivity index (χ0) is 10.4. The lowest BCUT2D eigenvalue weighted by Crippen LogP contribution is -2.20. The first kappa shape index (κ1) is 9.98. The van der Waals surface area contributed by atoms with Gasteiger partial charge >= 0.3 is 6.09 Å². The van der Waals surface area contributed by atoms with E-state index in [1.165, 1.54) is 18.3 Å². The smallest absolute Gasteiger partial charge is 0.410 e. The molecule has 0 saturated heterocycles. The molecule has 14 heavy (non-hydrogen) atoms.